The van der Waals surface area contributed by atoms with E-state index in [1.807, 2.05) is 18.2 Å². The first-order valence-electron chi connectivity index (χ1n) is 10.0. The largest absolute Gasteiger partial charge is 0.489 e. The Morgan fingerprint density at radius 1 is 0.704 bits per heavy atom. The van der Waals surface area contributed by atoms with Gasteiger partial charge in [0.2, 0.25) is 0 Å². The quantitative estimate of drug-likeness (QED) is 0.645. The fraction of sp³-hybridized carbons (Fsp3) is 0.455. The summed E-state index contributed by atoms with van der Waals surface area (Å²) in [5.74, 6) is 0.919. The lowest BCUT2D eigenvalue weighted by molar-refractivity contribution is 0.306. The van der Waals surface area contributed by atoms with Gasteiger partial charge < -0.3 is 26.0 Å². The van der Waals surface area contributed by atoms with Gasteiger partial charge in [0.05, 0.1) is 0 Å². The van der Waals surface area contributed by atoms with E-state index in [4.69, 9.17) is 4.74 Å². The van der Waals surface area contributed by atoms with Gasteiger partial charge in [-0.3, -0.25) is 0 Å². The molecule has 5 heteroatoms. The first kappa shape index (κ1) is 19.8. The minimum atomic E-state index is 0.433. The van der Waals surface area contributed by atoms with E-state index in [1.165, 1.54) is 11.1 Å². The van der Waals surface area contributed by atoms with Crippen LogP contribution in [0.4, 0.5) is 0 Å². The summed E-state index contributed by atoms with van der Waals surface area (Å²) in [4.78, 5) is 0. The molecule has 1 atom stereocenters. The van der Waals surface area contributed by atoms with Crippen LogP contribution in [0, 0.1) is 0 Å². The first-order chi connectivity index (χ1) is 13.4. The molecule has 3 rings (SSSR count). The van der Waals surface area contributed by atoms with E-state index >= 15 is 0 Å². The highest BCUT2D eigenvalue weighted by Gasteiger charge is 2.09. The van der Waals surface area contributed by atoms with Gasteiger partial charge in [0.1, 0.15) is 12.4 Å². The third kappa shape index (κ3) is 7.69. The molecule has 1 unspecified atom stereocenters. The molecule has 5 nitrogen and oxygen atoms in total. The van der Waals surface area contributed by atoms with Crippen LogP contribution in [0.15, 0.2) is 54.6 Å². The molecular weight excluding hydrogens is 336 g/mol. The summed E-state index contributed by atoms with van der Waals surface area (Å²) in [6, 6.07) is 19.2. The Balaban J connectivity index is 1.47. The van der Waals surface area contributed by atoms with Gasteiger partial charge in [-0.25, -0.2) is 0 Å². The van der Waals surface area contributed by atoms with Crippen LogP contribution < -0.4 is 26.0 Å². The Morgan fingerprint density at radius 2 is 1.37 bits per heavy atom. The zero-order valence-electron chi connectivity index (χ0n) is 16.0. The van der Waals surface area contributed by atoms with E-state index in [9.17, 15) is 0 Å². The summed E-state index contributed by atoms with van der Waals surface area (Å²) in [6.45, 7) is 7.66. The first-order valence-corrected chi connectivity index (χ1v) is 10.0. The minimum Gasteiger partial charge on any atom is -0.489 e. The van der Waals surface area contributed by atoms with Crippen LogP contribution in [0.3, 0.4) is 0 Å². The van der Waals surface area contributed by atoms with Gasteiger partial charge in [0.25, 0.3) is 0 Å². The molecule has 0 aromatic heterocycles. The van der Waals surface area contributed by atoms with E-state index in [0.717, 1.165) is 58.0 Å². The zero-order chi connectivity index (χ0) is 18.6. The van der Waals surface area contributed by atoms with Crippen LogP contribution in [0.5, 0.6) is 5.75 Å². The zero-order valence-corrected chi connectivity index (χ0v) is 16.0. The van der Waals surface area contributed by atoms with Crippen molar-refractivity contribution in [3.63, 3.8) is 0 Å². The predicted molar refractivity (Wildman–Crippen MR) is 111 cm³/mol. The molecule has 1 saturated heterocycles. The van der Waals surface area contributed by atoms with E-state index in [0.29, 0.717) is 12.6 Å². The average molecular weight is 369 g/mol. The molecule has 1 aliphatic rings. The molecule has 2 aromatic rings. The Hall–Kier alpha value is -1.92. The summed E-state index contributed by atoms with van der Waals surface area (Å²) in [7, 11) is 0. The van der Waals surface area contributed by atoms with Gasteiger partial charge in [0, 0.05) is 51.9 Å². The highest BCUT2D eigenvalue weighted by Crippen LogP contribution is 2.15. The molecule has 0 bridgehead atoms. The molecule has 2 aromatic carbocycles. The van der Waals surface area contributed by atoms with Crippen molar-refractivity contribution in [1.29, 1.82) is 0 Å². The smallest absolute Gasteiger partial charge is 0.119 e. The Bertz CT molecular complexity index is 621. The monoisotopic (exact) mass is 368 g/mol. The lowest BCUT2D eigenvalue weighted by Crippen LogP contribution is -2.46. The van der Waals surface area contributed by atoms with E-state index < -0.39 is 0 Å². The molecule has 1 heterocycles. The number of ether oxygens (including phenoxy) is 1. The highest BCUT2D eigenvalue weighted by molar-refractivity contribution is 5.28. The molecule has 4 N–H and O–H groups in total. The Labute approximate surface area is 162 Å². The Kier molecular flexibility index (Phi) is 8.61. The third-order valence-electron chi connectivity index (χ3n) is 4.74. The number of rotatable bonds is 5. The summed E-state index contributed by atoms with van der Waals surface area (Å²) in [5.41, 5.74) is 2.52. The number of benzene rings is 2. The standard InChI is InChI=1S/C22H32N4O/c1-2-4-20(5-3-1)18-27-22-8-6-19(7-9-22)16-21-17-25-13-12-23-10-11-24-14-15-26-21/h1-9,21,23-26H,10-18H2. The van der Waals surface area contributed by atoms with Crippen LogP contribution in [-0.2, 0) is 13.0 Å². The van der Waals surface area contributed by atoms with Gasteiger partial charge in [-0.15, -0.1) is 0 Å². The second-order valence-corrected chi connectivity index (χ2v) is 6.98. The summed E-state index contributed by atoms with van der Waals surface area (Å²) in [6.07, 6.45) is 1.01. The van der Waals surface area contributed by atoms with E-state index in [2.05, 4.69) is 57.7 Å². The second-order valence-electron chi connectivity index (χ2n) is 6.98. The third-order valence-corrected chi connectivity index (χ3v) is 4.74. The predicted octanol–water partition coefficient (Wildman–Crippen LogP) is 1.55. The average Bonchev–Trinajstić information content (AvgIpc) is 2.70. The van der Waals surface area contributed by atoms with Crippen LogP contribution in [0.1, 0.15) is 11.1 Å². The Morgan fingerprint density at radius 3 is 2.11 bits per heavy atom. The molecule has 0 aliphatic carbocycles. The van der Waals surface area contributed by atoms with Crippen molar-refractivity contribution in [2.75, 3.05) is 45.8 Å². The van der Waals surface area contributed by atoms with Crippen LogP contribution in [0.2, 0.25) is 0 Å². The van der Waals surface area contributed by atoms with Gasteiger partial charge in [-0.05, 0) is 29.7 Å². The van der Waals surface area contributed by atoms with Crippen LogP contribution >= 0.6 is 0 Å². The van der Waals surface area contributed by atoms with E-state index in [1.54, 1.807) is 0 Å². The molecule has 0 amide bonds. The van der Waals surface area contributed by atoms with E-state index in [-0.39, 0.29) is 0 Å². The maximum atomic E-state index is 5.89. The van der Waals surface area contributed by atoms with Gasteiger partial charge >= 0.3 is 0 Å². The molecule has 1 aliphatic heterocycles. The van der Waals surface area contributed by atoms with Crippen LogP contribution in [-0.4, -0.2) is 51.9 Å². The van der Waals surface area contributed by atoms with Crippen molar-refractivity contribution < 1.29 is 4.74 Å². The molecule has 0 radical (unpaired) electrons. The number of hydrogen-bond acceptors (Lipinski definition) is 5. The van der Waals surface area contributed by atoms with Gasteiger partial charge in [0.15, 0.2) is 0 Å². The minimum absolute atomic E-state index is 0.433. The number of hydrogen-bond donors (Lipinski definition) is 4. The second kappa shape index (κ2) is 11.7. The van der Waals surface area contributed by atoms with Gasteiger partial charge in [-0.2, -0.15) is 0 Å². The fourth-order valence-electron chi connectivity index (χ4n) is 3.21. The van der Waals surface area contributed by atoms with Crippen molar-refractivity contribution in [1.82, 2.24) is 21.3 Å². The van der Waals surface area contributed by atoms with Crippen molar-refractivity contribution in [3.05, 3.63) is 65.7 Å². The molecule has 1 fully saturated rings. The van der Waals surface area contributed by atoms with Crippen molar-refractivity contribution in [2.45, 2.75) is 19.1 Å². The molecule has 27 heavy (non-hydrogen) atoms. The maximum Gasteiger partial charge on any atom is 0.119 e. The highest BCUT2D eigenvalue weighted by atomic mass is 16.5. The summed E-state index contributed by atoms with van der Waals surface area (Å²) >= 11 is 0. The lowest BCUT2D eigenvalue weighted by atomic mass is 10.1. The van der Waals surface area contributed by atoms with Gasteiger partial charge in [-0.1, -0.05) is 42.5 Å². The maximum absolute atomic E-state index is 5.89. The summed E-state index contributed by atoms with van der Waals surface area (Å²) < 4.78 is 5.89. The topological polar surface area (TPSA) is 57.4 Å². The molecule has 0 spiro atoms. The normalized spacial score (nSPS) is 19.6. The van der Waals surface area contributed by atoms with Crippen molar-refractivity contribution in [2.24, 2.45) is 0 Å². The number of nitrogens with one attached hydrogen (secondary N) is 4. The SMILES string of the molecule is c1ccc(COc2ccc(CC3CNCCNCCNCCN3)cc2)cc1. The molecular formula is C22H32N4O. The van der Waals surface area contributed by atoms with Crippen molar-refractivity contribution in [3.8, 4) is 5.75 Å². The fourth-order valence-corrected chi connectivity index (χ4v) is 3.21. The summed E-state index contributed by atoms with van der Waals surface area (Å²) in [5, 5.41) is 14.1. The molecule has 0 saturated carbocycles. The van der Waals surface area contributed by atoms with Crippen molar-refractivity contribution >= 4 is 0 Å². The molecule has 146 valence electrons. The van der Waals surface area contributed by atoms with Crippen LogP contribution in [0.25, 0.3) is 0 Å². The lowest BCUT2D eigenvalue weighted by Gasteiger charge is -2.21.